The van der Waals surface area contributed by atoms with E-state index < -0.39 is 0 Å². The Hall–Kier alpha value is -0.900. The lowest BCUT2D eigenvalue weighted by Gasteiger charge is -2.60. The lowest BCUT2D eigenvalue weighted by Crippen LogP contribution is -2.71. The van der Waals surface area contributed by atoms with E-state index in [1.807, 2.05) is 6.92 Å². The third kappa shape index (κ3) is 4.04. The van der Waals surface area contributed by atoms with Crippen molar-refractivity contribution in [2.75, 3.05) is 19.7 Å². The normalized spacial score (nSPS) is 31.1. The largest absolute Gasteiger partial charge is 0.377 e. The first-order chi connectivity index (χ1) is 13.0. The molecule has 4 rings (SSSR count). The van der Waals surface area contributed by atoms with Gasteiger partial charge in [0.05, 0.1) is 6.10 Å². The molecule has 2 N–H and O–H groups in total. The molecule has 7 nitrogen and oxygen atoms in total. The zero-order chi connectivity index (χ0) is 19.0. The second-order valence-corrected chi connectivity index (χ2v) is 8.94. The molecule has 158 valence electrons. The topological polar surface area (TPSA) is 76.4 Å². The van der Waals surface area contributed by atoms with E-state index in [2.05, 4.69) is 46.2 Å². The van der Waals surface area contributed by atoms with Crippen molar-refractivity contribution >= 4 is 29.9 Å². The quantitative estimate of drug-likeness (QED) is 0.376. The molecule has 0 spiro atoms. The second-order valence-electron chi connectivity index (χ2n) is 8.94. The van der Waals surface area contributed by atoms with Crippen LogP contribution in [0.25, 0.3) is 0 Å². The Morgan fingerprint density at radius 3 is 2.93 bits per heavy atom. The van der Waals surface area contributed by atoms with Crippen molar-refractivity contribution in [1.82, 2.24) is 25.4 Å². The van der Waals surface area contributed by atoms with Gasteiger partial charge in [0.1, 0.15) is 11.6 Å². The van der Waals surface area contributed by atoms with Crippen LogP contribution in [0.5, 0.6) is 0 Å². The molecule has 0 aromatic carbocycles. The highest BCUT2D eigenvalue weighted by Gasteiger charge is 2.58. The van der Waals surface area contributed by atoms with Crippen LogP contribution in [0.4, 0.5) is 0 Å². The van der Waals surface area contributed by atoms with Gasteiger partial charge in [0.2, 0.25) is 0 Å². The van der Waals surface area contributed by atoms with Gasteiger partial charge in [-0.3, -0.25) is 4.99 Å². The van der Waals surface area contributed by atoms with Gasteiger partial charge in [-0.05, 0) is 39.0 Å². The molecule has 4 atom stereocenters. The smallest absolute Gasteiger partial charge is 0.191 e. The Labute approximate surface area is 185 Å². The number of guanidine groups is 1. The summed E-state index contributed by atoms with van der Waals surface area (Å²) < 4.78 is 8.29. The van der Waals surface area contributed by atoms with E-state index in [1.165, 1.54) is 12.8 Å². The van der Waals surface area contributed by atoms with E-state index in [9.17, 15) is 0 Å². The summed E-state index contributed by atoms with van der Waals surface area (Å²) >= 11 is 0. The summed E-state index contributed by atoms with van der Waals surface area (Å²) in [6, 6.07) is 0.429. The Balaban J connectivity index is 0.00000225. The van der Waals surface area contributed by atoms with Gasteiger partial charge in [0.15, 0.2) is 5.96 Å². The second kappa shape index (κ2) is 8.85. The summed E-state index contributed by atoms with van der Waals surface area (Å²) in [5, 5.41) is 15.7. The zero-order valence-electron chi connectivity index (χ0n) is 17.6. The van der Waals surface area contributed by atoms with E-state index in [0.29, 0.717) is 24.0 Å². The average Bonchev–Trinajstić information content (AvgIpc) is 3.04. The van der Waals surface area contributed by atoms with Crippen molar-refractivity contribution in [3.63, 3.8) is 0 Å². The number of rotatable bonds is 4. The number of hydrogen-bond acceptors (Lipinski definition) is 4. The minimum absolute atomic E-state index is 0. The maximum Gasteiger partial charge on any atom is 0.191 e. The first-order valence-corrected chi connectivity index (χ1v) is 10.6. The molecule has 0 radical (unpaired) electrons. The third-order valence-corrected chi connectivity index (χ3v) is 6.70. The predicted octanol–water partition coefficient (Wildman–Crippen LogP) is 2.53. The van der Waals surface area contributed by atoms with Gasteiger partial charge < -0.3 is 19.9 Å². The molecular weight excluding hydrogens is 467 g/mol. The van der Waals surface area contributed by atoms with Gasteiger partial charge in [-0.1, -0.05) is 13.8 Å². The molecule has 1 aliphatic carbocycles. The van der Waals surface area contributed by atoms with Crippen molar-refractivity contribution in [1.29, 1.82) is 0 Å². The summed E-state index contributed by atoms with van der Waals surface area (Å²) in [7, 11) is 0. The molecule has 3 aliphatic rings. The maximum atomic E-state index is 6.04. The number of nitrogens with zero attached hydrogens (tertiary/aromatic N) is 4. The van der Waals surface area contributed by atoms with Crippen LogP contribution in [0.15, 0.2) is 4.99 Å². The van der Waals surface area contributed by atoms with Gasteiger partial charge in [-0.15, -0.1) is 34.2 Å². The molecule has 2 fully saturated rings. The van der Waals surface area contributed by atoms with E-state index in [1.54, 1.807) is 0 Å². The highest BCUT2D eigenvalue weighted by atomic mass is 127. The molecule has 28 heavy (non-hydrogen) atoms. The van der Waals surface area contributed by atoms with Crippen LogP contribution in [0.2, 0.25) is 0 Å². The van der Waals surface area contributed by atoms with Crippen LogP contribution in [0, 0.1) is 24.2 Å². The van der Waals surface area contributed by atoms with Crippen LogP contribution < -0.4 is 10.6 Å². The fourth-order valence-electron chi connectivity index (χ4n) is 5.18. The number of aliphatic imine (C=N–C) groups is 1. The summed E-state index contributed by atoms with van der Waals surface area (Å²) in [5.41, 5.74) is 0.153. The lowest BCUT2D eigenvalue weighted by molar-refractivity contribution is -0.188. The van der Waals surface area contributed by atoms with Gasteiger partial charge in [0.25, 0.3) is 0 Å². The molecule has 0 amide bonds. The summed E-state index contributed by atoms with van der Waals surface area (Å²) in [5.74, 6) is 4.24. The van der Waals surface area contributed by atoms with Gasteiger partial charge in [-0.2, -0.15) is 0 Å². The Morgan fingerprint density at radius 1 is 1.32 bits per heavy atom. The van der Waals surface area contributed by atoms with Crippen molar-refractivity contribution in [3.05, 3.63) is 11.6 Å². The fraction of sp³-hybridized carbons (Fsp3) is 0.850. The van der Waals surface area contributed by atoms with Crippen LogP contribution in [0.1, 0.15) is 51.7 Å². The molecule has 1 aromatic heterocycles. The first kappa shape index (κ1) is 21.8. The summed E-state index contributed by atoms with van der Waals surface area (Å²) in [6.07, 6.45) is 4.95. The molecule has 1 aromatic rings. The zero-order valence-corrected chi connectivity index (χ0v) is 19.9. The predicted molar refractivity (Wildman–Crippen MR) is 121 cm³/mol. The number of halogens is 1. The Kier molecular flexibility index (Phi) is 6.89. The molecule has 3 heterocycles. The van der Waals surface area contributed by atoms with Crippen molar-refractivity contribution in [3.8, 4) is 0 Å². The van der Waals surface area contributed by atoms with Crippen molar-refractivity contribution < 1.29 is 4.74 Å². The minimum Gasteiger partial charge on any atom is -0.377 e. The van der Waals surface area contributed by atoms with Gasteiger partial charge in [-0.25, -0.2) is 0 Å². The number of aromatic nitrogens is 3. The SMILES string of the molecule is CCNC(=NCC1CCc2nnc(C)n2C1)NC1C2CCCOC2C1(C)C.I. The lowest BCUT2D eigenvalue weighted by atomic mass is 9.55. The van der Waals surface area contributed by atoms with Crippen LogP contribution in [-0.2, 0) is 17.7 Å². The molecule has 2 aliphatic heterocycles. The van der Waals surface area contributed by atoms with Gasteiger partial charge in [0, 0.05) is 50.0 Å². The molecule has 1 saturated carbocycles. The Morgan fingerprint density at radius 2 is 2.14 bits per heavy atom. The highest BCUT2D eigenvalue weighted by Crippen LogP contribution is 2.51. The van der Waals surface area contributed by atoms with Crippen molar-refractivity contribution in [2.24, 2.45) is 22.2 Å². The third-order valence-electron chi connectivity index (χ3n) is 6.70. The van der Waals surface area contributed by atoms with Crippen molar-refractivity contribution in [2.45, 2.75) is 72.1 Å². The first-order valence-electron chi connectivity index (χ1n) is 10.6. The van der Waals surface area contributed by atoms with E-state index in [4.69, 9.17) is 9.73 Å². The molecular formula is C20H35IN6O. The number of hydrogen-bond donors (Lipinski definition) is 2. The van der Waals surface area contributed by atoms with E-state index in [-0.39, 0.29) is 29.4 Å². The summed E-state index contributed by atoms with van der Waals surface area (Å²) in [4.78, 5) is 4.95. The molecule has 1 saturated heterocycles. The van der Waals surface area contributed by atoms with Gasteiger partial charge >= 0.3 is 0 Å². The number of nitrogens with one attached hydrogen (secondary N) is 2. The van der Waals surface area contributed by atoms with Crippen LogP contribution in [-0.4, -0.2) is 52.6 Å². The molecule has 0 bridgehead atoms. The van der Waals surface area contributed by atoms with E-state index in [0.717, 1.165) is 56.7 Å². The monoisotopic (exact) mass is 502 g/mol. The standard InChI is InChI=1S/C20H34N6O.HI/c1-5-21-19(23-17-15-7-6-10-27-18(15)20(17,3)4)22-11-14-8-9-16-25-24-13(2)26(16)12-14;/h14-15,17-18H,5-12H2,1-4H3,(H2,21,22,23);1H. The van der Waals surface area contributed by atoms with Crippen LogP contribution >= 0.6 is 24.0 Å². The number of fused-ring (bicyclic) bond motifs is 2. The number of aryl methyl sites for hydroxylation is 2. The minimum atomic E-state index is 0. The number of ether oxygens (including phenoxy) is 1. The Bertz CT molecular complexity index is 703. The molecule has 8 heteroatoms. The summed E-state index contributed by atoms with van der Waals surface area (Å²) in [6.45, 7) is 12.4. The molecule has 4 unspecified atom stereocenters. The highest BCUT2D eigenvalue weighted by molar-refractivity contribution is 14.0. The fourth-order valence-corrected chi connectivity index (χ4v) is 5.18. The maximum absolute atomic E-state index is 6.04. The van der Waals surface area contributed by atoms with Crippen LogP contribution in [0.3, 0.4) is 0 Å². The average molecular weight is 502 g/mol. The van der Waals surface area contributed by atoms with E-state index >= 15 is 0 Å².